The summed E-state index contributed by atoms with van der Waals surface area (Å²) in [4.78, 5) is 72.7. The monoisotopic (exact) mass is 1350 g/mol. The van der Waals surface area contributed by atoms with Crippen LogP contribution in [0.2, 0.25) is 0 Å². The first-order valence-corrected chi connectivity index (χ1v) is 40.3. The van der Waals surface area contributed by atoms with Crippen molar-refractivity contribution in [2.45, 2.75) is 368 Å². The Kier molecular flexibility index (Phi) is 62.8. The number of carbonyl (C=O) groups is 4. The predicted octanol–water partition coefficient (Wildman–Crippen LogP) is 20.7. The van der Waals surface area contributed by atoms with Gasteiger partial charge < -0.3 is 33.8 Å². The second-order valence-electron chi connectivity index (χ2n) is 26.6. The molecule has 17 nitrogen and oxygen atoms in total. The number of phosphoric acid groups is 2. The molecule has 0 fully saturated rings. The standard InChI is InChI=1S/C73H138O17P2/c1-7-9-11-13-15-17-19-20-21-22-26-33-39-45-51-57-72(77)89-68(61-84-71(76)56-50-44-38-32-27-23-25-29-35-41-47-53-65(3)4)63-87-91(79,80)85-59-67(74)60-86-92(81,82)88-64-69(62-83-70(75)55-49-43-37-31-24-18-16-14-12-10-8-2)90-73(78)58-52-46-40-34-28-30-36-42-48-54-66(5)6/h17,19-21,65-69,74H,7-16,18,22-64H2,1-6H3,(H,79,80)(H,81,82)/b19-17-,21-20-/t67-,68-,69-/m1/s1. The third kappa shape index (κ3) is 66.2. The molecule has 0 aromatic heterocycles. The molecule has 3 N–H and O–H groups in total. The van der Waals surface area contributed by atoms with Crippen molar-refractivity contribution in [1.82, 2.24) is 0 Å². The van der Waals surface area contributed by atoms with E-state index in [1.807, 2.05) is 0 Å². The smallest absolute Gasteiger partial charge is 0.462 e. The highest BCUT2D eigenvalue weighted by atomic mass is 31.2. The maximum Gasteiger partial charge on any atom is 0.472 e. The summed E-state index contributed by atoms with van der Waals surface area (Å²) in [6, 6.07) is 0. The molecular formula is C73H138O17P2. The summed E-state index contributed by atoms with van der Waals surface area (Å²) in [5, 5.41) is 10.6. The van der Waals surface area contributed by atoms with Gasteiger partial charge in [-0.3, -0.25) is 37.3 Å². The van der Waals surface area contributed by atoms with Crippen LogP contribution in [0.1, 0.15) is 350 Å². The third-order valence-corrected chi connectivity index (χ3v) is 18.2. The molecule has 0 aliphatic rings. The Hall–Kier alpha value is -2.46. The molecule has 0 heterocycles. The van der Waals surface area contributed by atoms with Crippen LogP contribution in [0.15, 0.2) is 24.3 Å². The Morgan fingerprint density at radius 2 is 0.587 bits per heavy atom. The Morgan fingerprint density at radius 1 is 0.337 bits per heavy atom. The summed E-state index contributed by atoms with van der Waals surface area (Å²) in [5.74, 6) is -0.647. The summed E-state index contributed by atoms with van der Waals surface area (Å²) >= 11 is 0. The van der Waals surface area contributed by atoms with E-state index >= 15 is 0 Å². The summed E-state index contributed by atoms with van der Waals surface area (Å²) in [6.45, 7) is 9.48. The van der Waals surface area contributed by atoms with Crippen molar-refractivity contribution in [2.75, 3.05) is 39.6 Å². The van der Waals surface area contributed by atoms with Crippen LogP contribution in [0.3, 0.4) is 0 Å². The number of ether oxygens (including phenoxy) is 4. The minimum atomic E-state index is -4.96. The molecule has 0 spiro atoms. The van der Waals surface area contributed by atoms with Crippen molar-refractivity contribution in [3.8, 4) is 0 Å². The third-order valence-electron chi connectivity index (χ3n) is 16.3. The number of hydrogen-bond acceptors (Lipinski definition) is 15. The number of hydrogen-bond donors (Lipinski definition) is 3. The molecular weight excluding hydrogens is 1210 g/mol. The summed E-state index contributed by atoms with van der Waals surface area (Å²) < 4.78 is 68.4. The first-order chi connectivity index (χ1) is 44.4. The minimum Gasteiger partial charge on any atom is -0.462 e. The van der Waals surface area contributed by atoms with Gasteiger partial charge in [-0.2, -0.15) is 0 Å². The molecule has 2 unspecified atom stereocenters. The fraction of sp³-hybridized carbons (Fsp3) is 0.890. The van der Waals surface area contributed by atoms with E-state index in [4.69, 9.17) is 37.0 Å². The van der Waals surface area contributed by atoms with Crippen LogP contribution in [0, 0.1) is 11.8 Å². The Bertz CT molecular complexity index is 1880. The number of rotatable bonds is 70. The molecule has 92 heavy (non-hydrogen) atoms. The highest BCUT2D eigenvalue weighted by Crippen LogP contribution is 2.45. The van der Waals surface area contributed by atoms with Gasteiger partial charge in [0, 0.05) is 25.7 Å². The molecule has 0 bridgehead atoms. The second-order valence-corrected chi connectivity index (χ2v) is 29.5. The normalized spacial score (nSPS) is 14.2. The van der Waals surface area contributed by atoms with Crippen molar-refractivity contribution in [3.63, 3.8) is 0 Å². The van der Waals surface area contributed by atoms with Crippen LogP contribution >= 0.6 is 15.6 Å². The maximum absolute atomic E-state index is 13.0. The lowest BCUT2D eigenvalue weighted by molar-refractivity contribution is -0.161. The van der Waals surface area contributed by atoms with Gasteiger partial charge in [0.2, 0.25) is 0 Å². The lowest BCUT2D eigenvalue weighted by atomic mass is 10.0. The number of aliphatic hydroxyl groups excluding tert-OH is 1. The highest BCUT2D eigenvalue weighted by molar-refractivity contribution is 7.47. The molecule has 0 saturated heterocycles. The number of esters is 4. The summed E-state index contributed by atoms with van der Waals surface area (Å²) in [6.07, 6.45) is 53.4. The molecule has 0 amide bonds. The minimum absolute atomic E-state index is 0.0848. The first-order valence-electron chi connectivity index (χ1n) is 37.3. The lowest BCUT2D eigenvalue weighted by Crippen LogP contribution is -2.30. The molecule has 0 aliphatic heterocycles. The van der Waals surface area contributed by atoms with Gasteiger partial charge >= 0.3 is 39.5 Å². The molecule has 0 rings (SSSR count). The van der Waals surface area contributed by atoms with Crippen molar-refractivity contribution < 1.29 is 80.2 Å². The molecule has 542 valence electrons. The van der Waals surface area contributed by atoms with E-state index in [-0.39, 0.29) is 25.7 Å². The molecule has 0 aromatic rings. The van der Waals surface area contributed by atoms with E-state index in [0.29, 0.717) is 25.7 Å². The van der Waals surface area contributed by atoms with Gasteiger partial charge in [0.05, 0.1) is 26.4 Å². The van der Waals surface area contributed by atoms with E-state index in [9.17, 15) is 43.2 Å². The largest absolute Gasteiger partial charge is 0.472 e. The summed E-state index contributed by atoms with van der Waals surface area (Å²) in [5.41, 5.74) is 0. The average molecular weight is 1350 g/mol. The van der Waals surface area contributed by atoms with E-state index in [1.165, 1.54) is 154 Å². The molecule has 0 aromatic carbocycles. The van der Waals surface area contributed by atoms with Gasteiger partial charge in [-0.05, 0) is 63.2 Å². The average Bonchev–Trinajstić information content (AvgIpc) is 3.25. The zero-order chi connectivity index (χ0) is 67.9. The zero-order valence-corrected chi connectivity index (χ0v) is 61.1. The van der Waals surface area contributed by atoms with Crippen LogP contribution in [-0.4, -0.2) is 96.7 Å². The van der Waals surface area contributed by atoms with Crippen LogP contribution < -0.4 is 0 Å². The number of unbranched alkanes of at least 4 members (excludes halogenated alkanes) is 37. The van der Waals surface area contributed by atoms with E-state index in [2.05, 4.69) is 65.8 Å². The van der Waals surface area contributed by atoms with Gasteiger partial charge in [0.1, 0.15) is 19.3 Å². The molecule has 0 saturated carbocycles. The molecule has 0 aliphatic carbocycles. The Labute approximate surface area is 561 Å². The maximum atomic E-state index is 13.0. The number of aliphatic hydroxyl groups is 1. The van der Waals surface area contributed by atoms with Gasteiger partial charge in [-0.15, -0.1) is 0 Å². The predicted molar refractivity (Wildman–Crippen MR) is 372 cm³/mol. The van der Waals surface area contributed by atoms with Crippen LogP contribution in [0.4, 0.5) is 0 Å². The fourth-order valence-corrected chi connectivity index (χ4v) is 12.2. The van der Waals surface area contributed by atoms with Crippen molar-refractivity contribution in [2.24, 2.45) is 11.8 Å². The van der Waals surface area contributed by atoms with Crippen LogP contribution in [0.25, 0.3) is 0 Å². The van der Waals surface area contributed by atoms with Gasteiger partial charge in [-0.25, -0.2) is 9.13 Å². The van der Waals surface area contributed by atoms with Gasteiger partial charge in [0.15, 0.2) is 12.2 Å². The number of allylic oxidation sites excluding steroid dienone is 4. The van der Waals surface area contributed by atoms with Crippen LogP contribution in [0.5, 0.6) is 0 Å². The van der Waals surface area contributed by atoms with Gasteiger partial charge in [0.25, 0.3) is 0 Å². The van der Waals surface area contributed by atoms with E-state index in [0.717, 1.165) is 115 Å². The molecule has 0 radical (unpaired) electrons. The van der Waals surface area contributed by atoms with Crippen LogP contribution in [-0.2, 0) is 65.4 Å². The SMILES string of the molecule is CCCCCC/C=C\C=C/CCCCCCCC(=O)O[C@H](COC(=O)CCCCCCCCCCCCCC(C)C)COP(=O)(O)OC[C@@H](O)COP(=O)(O)OC[C@@H](COC(=O)CCCCCCCCCCCCC)OC(=O)CCCCCCCCCCCC(C)C. The topological polar surface area (TPSA) is 237 Å². The van der Waals surface area contributed by atoms with Crippen molar-refractivity contribution in [1.29, 1.82) is 0 Å². The van der Waals surface area contributed by atoms with Crippen molar-refractivity contribution >= 4 is 39.5 Å². The number of phosphoric ester groups is 2. The van der Waals surface area contributed by atoms with E-state index < -0.39 is 97.5 Å². The Morgan fingerprint density at radius 3 is 0.891 bits per heavy atom. The van der Waals surface area contributed by atoms with Crippen molar-refractivity contribution in [3.05, 3.63) is 24.3 Å². The number of carbonyl (C=O) groups excluding carboxylic acids is 4. The Balaban J connectivity index is 5.30. The second kappa shape index (κ2) is 64.5. The zero-order valence-electron chi connectivity index (χ0n) is 59.3. The lowest BCUT2D eigenvalue weighted by Gasteiger charge is -2.21. The quantitative estimate of drug-likeness (QED) is 0.0169. The van der Waals surface area contributed by atoms with E-state index in [1.54, 1.807) is 0 Å². The molecule has 19 heteroatoms. The highest BCUT2D eigenvalue weighted by Gasteiger charge is 2.30. The molecule has 5 atom stereocenters. The fourth-order valence-electron chi connectivity index (χ4n) is 10.6. The summed E-state index contributed by atoms with van der Waals surface area (Å²) in [7, 11) is -9.92. The first kappa shape index (κ1) is 89.5. The van der Waals surface area contributed by atoms with Gasteiger partial charge in [-0.1, -0.05) is 297 Å².